The van der Waals surface area contributed by atoms with Gasteiger partial charge in [0.25, 0.3) is 0 Å². The molecule has 2 N–H and O–H groups in total. The summed E-state index contributed by atoms with van der Waals surface area (Å²) in [6, 6.07) is 5.93. The minimum Gasteiger partial charge on any atom is -0.380 e. The molecule has 1 aromatic heterocycles. The Morgan fingerprint density at radius 1 is 1.33 bits per heavy atom. The summed E-state index contributed by atoms with van der Waals surface area (Å²) >= 11 is 0. The van der Waals surface area contributed by atoms with Crippen molar-refractivity contribution in [2.45, 2.75) is 20.0 Å². The Labute approximate surface area is 88.0 Å². The van der Waals surface area contributed by atoms with Crippen LogP contribution in [0.5, 0.6) is 0 Å². The van der Waals surface area contributed by atoms with E-state index in [0.717, 1.165) is 11.1 Å². The van der Waals surface area contributed by atoms with Crippen molar-refractivity contribution < 1.29 is 5.11 Å². The number of hydrogen-bond donors (Lipinski definition) is 2. The van der Waals surface area contributed by atoms with Crippen molar-refractivity contribution in [3.63, 3.8) is 0 Å². The number of H-pyrrole nitrogens is 1. The lowest BCUT2D eigenvalue weighted by atomic mass is 10.0. The number of aliphatic hydroxyl groups is 1. The van der Waals surface area contributed by atoms with Crippen LogP contribution in [-0.4, -0.2) is 20.3 Å². The zero-order valence-corrected chi connectivity index (χ0v) is 8.73. The third-order valence-electron chi connectivity index (χ3n) is 2.41. The highest BCUT2D eigenvalue weighted by Gasteiger charge is 2.14. The fraction of sp³-hybridized carbons (Fsp3) is 0.273. The summed E-state index contributed by atoms with van der Waals surface area (Å²) in [5, 5.41) is 16.4. The van der Waals surface area contributed by atoms with Crippen molar-refractivity contribution in [3.05, 3.63) is 47.0 Å². The zero-order valence-electron chi connectivity index (χ0n) is 8.73. The molecule has 1 unspecified atom stereocenters. The second-order valence-corrected chi connectivity index (χ2v) is 3.63. The van der Waals surface area contributed by atoms with E-state index < -0.39 is 6.10 Å². The average molecular weight is 203 g/mol. The number of aromatic nitrogens is 3. The van der Waals surface area contributed by atoms with Crippen molar-refractivity contribution in [1.29, 1.82) is 0 Å². The normalized spacial score (nSPS) is 12.7. The van der Waals surface area contributed by atoms with Crippen molar-refractivity contribution >= 4 is 0 Å². The molecular formula is C11H13N3O. The minimum atomic E-state index is -0.729. The maximum Gasteiger partial charge on any atom is 0.157 e. The smallest absolute Gasteiger partial charge is 0.157 e. The molecule has 0 bridgehead atoms. The SMILES string of the molecule is Cc1ccc(C(O)c2ncn[nH]2)c(C)c1. The van der Waals surface area contributed by atoms with E-state index in [9.17, 15) is 5.11 Å². The molecule has 0 radical (unpaired) electrons. The van der Waals surface area contributed by atoms with Crippen molar-refractivity contribution in [2.75, 3.05) is 0 Å². The molecule has 78 valence electrons. The molecule has 0 aliphatic heterocycles. The van der Waals surface area contributed by atoms with Gasteiger partial charge in [-0.3, -0.25) is 5.10 Å². The Bertz CT molecular complexity index is 451. The Hall–Kier alpha value is -1.68. The molecule has 0 spiro atoms. The number of hydrogen-bond acceptors (Lipinski definition) is 3. The largest absolute Gasteiger partial charge is 0.380 e. The van der Waals surface area contributed by atoms with Gasteiger partial charge in [-0.25, -0.2) is 4.98 Å². The number of aromatic amines is 1. The monoisotopic (exact) mass is 203 g/mol. The van der Waals surface area contributed by atoms with E-state index in [1.807, 2.05) is 32.0 Å². The van der Waals surface area contributed by atoms with Crippen LogP contribution in [0.2, 0.25) is 0 Å². The summed E-state index contributed by atoms with van der Waals surface area (Å²) in [7, 11) is 0. The van der Waals surface area contributed by atoms with Crippen LogP contribution in [0.1, 0.15) is 28.6 Å². The lowest BCUT2D eigenvalue weighted by Gasteiger charge is -2.11. The molecule has 2 aromatic rings. The van der Waals surface area contributed by atoms with Crippen molar-refractivity contribution in [3.8, 4) is 0 Å². The summed E-state index contributed by atoms with van der Waals surface area (Å²) < 4.78 is 0. The van der Waals surface area contributed by atoms with Gasteiger partial charge in [0.1, 0.15) is 12.4 Å². The van der Waals surface area contributed by atoms with Crippen LogP contribution in [0, 0.1) is 13.8 Å². The molecule has 15 heavy (non-hydrogen) atoms. The molecule has 0 saturated heterocycles. The number of aliphatic hydroxyl groups excluding tert-OH is 1. The standard InChI is InChI=1S/C11H13N3O/c1-7-3-4-9(8(2)5-7)10(15)11-12-6-13-14-11/h3-6,10,15H,1-2H3,(H,12,13,14). The van der Waals surface area contributed by atoms with Gasteiger partial charge in [0.15, 0.2) is 5.82 Å². The molecule has 0 aliphatic carbocycles. The Balaban J connectivity index is 2.38. The van der Waals surface area contributed by atoms with Crippen LogP contribution in [0.25, 0.3) is 0 Å². The van der Waals surface area contributed by atoms with Gasteiger partial charge in [-0.15, -0.1) is 0 Å². The van der Waals surface area contributed by atoms with Gasteiger partial charge in [-0.1, -0.05) is 23.8 Å². The van der Waals surface area contributed by atoms with Gasteiger partial charge >= 0.3 is 0 Å². The zero-order chi connectivity index (χ0) is 10.8. The van der Waals surface area contributed by atoms with Crippen LogP contribution in [-0.2, 0) is 0 Å². The molecule has 2 rings (SSSR count). The van der Waals surface area contributed by atoms with E-state index in [1.54, 1.807) is 0 Å². The molecule has 0 saturated carbocycles. The van der Waals surface area contributed by atoms with Crippen LogP contribution in [0.15, 0.2) is 24.5 Å². The Kier molecular flexibility index (Phi) is 2.51. The summed E-state index contributed by atoms with van der Waals surface area (Å²) in [4.78, 5) is 3.94. The highest BCUT2D eigenvalue weighted by molar-refractivity contribution is 5.34. The van der Waals surface area contributed by atoms with Gasteiger partial charge in [-0.05, 0) is 25.0 Å². The Morgan fingerprint density at radius 2 is 2.13 bits per heavy atom. The number of benzene rings is 1. The average Bonchev–Trinajstić information content (AvgIpc) is 2.69. The van der Waals surface area contributed by atoms with Crippen LogP contribution in [0.4, 0.5) is 0 Å². The maximum absolute atomic E-state index is 10.0. The molecule has 0 fully saturated rings. The summed E-state index contributed by atoms with van der Waals surface area (Å²) in [6.45, 7) is 4.00. The van der Waals surface area contributed by atoms with E-state index in [2.05, 4.69) is 15.2 Å². The lowest BCUT2D eigenvalue weighted by molar-refractivity contribution is 0.209. The highest BCUT2D eigenvalue weighted by Crippen LogP contribution is 2.22. The molecule has 4 nitrogen and oxygen atoms in total. The van der Waals surface area contributed by atoms with E-state index in [4.69, 9.17) is 0 Å². The Morgan fingerprint density at radius 3 is 2.73 bits per heavy atom. The molecular weight excluding hydrogens is 190 g/mol. The predicted molar refractivity (Wildman–Crippen MR) is 56.4 cm³/mol. The molecule has 4 heteroatoms. The lowest BCUT2D eigenvalue weighted by Crippen LogP contribution is -2.04. The predicted octanol–water partition coefficient (Wildman–Crippen LogP) is 1.50. The van der Waals surface area contributed by atoms with Gasteiger partial charge < -0.3 is 5.11 Å². The molecule has 1 aromatic carbocycles. The minimum absolute atomic E-state index is 0.474. The highest BCUT2D eigenvalue weighted by atomic mass is 16.3. The fourth-order valence-corrected chi connectivity index (χ4v) is 1.63. The first-order valence-corrected chi connectivity index (χ1v) is 4.79. The van der Waals surface area contributed by atoms with E-state index in [0.29, 0.717) is 5.82 Å². The fourth-order valence-electron chi connectivity index (χ4n) is 1.63. The van der Waals surface area contributed by atoms with E-state index in [1.165, 1.54) is 11.9 Å². The number of nitrogens with zero attached hydrogens (tertiary/aromatic N) is 2. The first-order valence-electron chi connectivity index (χ1n) is 4.79. The van der Waals surface area contributed by atoms with Gasteiger partial charge in [0, 0.05) is 0 Å². The third-order valence-corrected chi connectivity index (χ3v) is 2.41. The van der Waals surface area contributed by atoms with Crippen molar-refractivity contribution in [1.82, 2.24) is 15.2 Å². The molecule has 1 heterocycles. The van der Waals surface area contributed by atoms with Crippen molar-refractivity contribution in [2.24, 2.45) is 0 Å². The molecule has 0 aliphatic rings. The first kappa shape index (κ1) is 9.86. The number of nitrogens with one attached hydrogen (secondary N) is 1. The van der Waals surface area contributed by atoms with E-state index >= 15 is 0 Å². The number of rotatable bonds is 2. The molecule has 0 amide bonds. The third kappa shape index (κ3) is 1.89. The van der Waals surface area contributed by atoms with Gasteiger partial charge in [-0.2, -0.15) is 5.10 Å². The van der Waals surface area contributed by atoms with Gasteiger partial charge in [0.2, 0.25) is 0 Å². The van der Waals surface area contributed by atoms with Gasteiger partial charge in [0.05, 0.1) is 0 Å². The summed E-state index contributed by atoms with van der Waals surface area (Å²) in [5.41, 5.74) is 3.09. The topological polar surface area (TPSA) is 61.8 Å². The van der Waals surface area contributed by atoms with Crippen LogP contribution in [0.3, 0.4) is 0 Å². The second-order valence-electron chi connectivity index (χ2n) is 3.63. The second kappa shape index (κ2) is 3.82. The summed E-state index contributed by atoms with van der Waals surface area (Å²) in [5.74, 6) is 0.474. The quantitative estimate of drug-likeness (QED) is 0.777. The summed E-state index contributed by atoms with van der Waals surface area (Å²) in [6.07, 6.45) is 0.662. The first-order chi connectivity index (χ1) is 7.18. The van der Waals surface area contributed by atoms with Crippen LogP contribution >= 0.6 is 0 Å². The van der Waals surface area contributed by atoms with E-state index in [-0.39, 0.29) is 0 Å². The molecule has 1 atom stereocenters. The van der Waals surface area contributed by atoms with Crippen LogP contribution < -0.4 is 0 Å². The maximum atomic E-state index is 10.0. The number of aryl methyl sites for hydroxylation is 2.